The zero-order valence-corrected chi connectivity index (χ0v) is 10.3. The van der Waals surface area contributed by atoms with Crippen LogP contribution in [0.4, 0.5) is 0 Å². The van der Waals surface area contributed by atoms with Crippen molar-refractivity contribution in [3.63, 3.8) is 0 Å². The van der Waals surface area contributed by atoms with Crippen LogP contribution in [0.5, 0.6) is 0 Å². The van der Waals surface area contributed by atoms with Gasteiger partial charge >= 0.3 is 0 Å². The molecule has 1 N–H and O–H groups in total. The first-order valence-electron chi connectivity index (χ1n) is 4.09. The molecule has 1 heterocycles. The summed E-state index contributed by atoms with van der Waals surface area (Å²) in [7, 11) is 0. The molecule has 1 atom stereocenters. The highest BCUT2D eigenvalue weighted by Crippen LogP contribution is 2.33. The summed E-state index contributed by atoms with van der Waals surface area (Å²) in [6.45, 7) is 0. The molecule has 1 aliphatic heterocycles. The molecule has 14 heavy (non-hydrogen) atoms. The largest absolute Gasteiger partial charge is 0.377 e. The zero-order chi connectivity index (χ0) is 10.1. The van der Waals surface area contributed by atoms with E-state index in [1.807, 2.05) is 18.2 Å². The van der Waals surface area contributed by atoms with Crippen molar-refractivity contribution in [3.8, 4) is 0 Å². The van der Waals surface area contributed by atoms with E-state index in [4.69, 9.17) is 0 Å². The van der Waals surface area contributed by atoms with Crippen molar-refractivity contribution in [2.24, 2.45) is 0 Å². The van der Waals surface area contributed by atoms with Gasteiger partial charge in [-0.25, -0.2) is 0 Å². The average molecular weight is 317 g/mol. The third kappa shape index (κ3) is 1.64. The molecule has 1 unspecified atom stereocenters. The summed E-state index contributed by atoms with van der Waals surface area (Å²) in [4.78, 5) is 10.8. The van der Waals surface area contributed by atoms with Crippen LogP contribution in [-0.2, 0) is 4.79 Å². The molecule has 0 saturated heterocycles. The van der Waals surface area contributed by atoms with E-state index in [1.54, 1.807) is 6.20 Å². The molecule has 0 fully saturated rings. The molecule has 1 aromatic carbocycles. The minimum atomic E-state index is -0.237. The van der Waals surface area contributed by atoms with Crippen molar-refractivity contribution in [1.29, 1.82) is 0 Å². The lowest BCUT2D eigenvalue weighted by Gasteiger charge is -2.21. The highest BCUT2D eigenvalue weighted by Gasteiger charge is 2.19. The molecule has 72 valence electrons. The minimum Gasteiger partial charge on any atom is -0.377 e. The van der Waals surface area contributed by atoms with Crippen LogP contribution >= 0.6 is 31.9 Å². The molecular formula is C10H7Br2NO. The van der Waals surface area contributed by atoms with Gasteiger partial charge in [0.2, 0.25) is 0 Å². The number of halogens is 2. The van der Waals surface area contributed by atoms with Crippen LogP contribution in [0, 0.1) is 0 Å². The van der Waals surface area contributed by atoms with Crippen molar-refractivity contribution < 1.29 is 4.79 Å². The summed E-state index contributed by atoms with van der Waals surface area (Å²) in [6.07, 6.45) is 2.70. The summed E-state index contributed by atoms with van der Waals surface area (Å²) >= 11 is 6.84. The molecular weight excluding hydrogens is 310 g/mol. The fourth-order valence-electron chi connectivity index (χ4n) is 1.45. The smallest absolute Gasteiger partial charge is 0.146 e. The van der Waals surface area contributed by atoms with Gasteiger partial charge in [-0.05, 0) is 39.2 Å². The van der Waals surface area contributed by atoms with Gasteiger partial charge in [-0.2, -0.15) is 0 Å². The number of fused-ring (bicyclic) bond motifs is 1. The highest BCUT2D eigenvalue weighted by molar-refractivity contribution is 9.15. The zero-order valence-electron chi connectivity index (χ0n) is 7.13. The number of aldehydes is 1. The van der Waals surface area contributed by atoms with Crippen molar-refractivity contribution in [2.45, 2.75) is 6.04 Å². The number of hydrogen-bond acceptors (Lipinski definition) is 2. The maximum Gasteiger partial charge on any atom is 0.146 e. The number of benzene rings is 1. The van der Waals surface area contributed by atoms with Gasteiger partial charge in [0.05, 0.1) is 0 Å². The van der Waals surface area contributed by atoms with E-state index < -0.39 is 0 Å². The lowest BCUT2D eigenvalue weighted by molar-refractivity contribution is -0.109. The van der Waals surface area contributed by atoms with Gasteiger partial charge in [0.25, 0.3) is 0 Å². The first-order valence-corrected chi connectivity index (χ1v) is 5.68. The van der Waals surface area contributed by atoms with Crippen LogP contribution in [0.3, 0.4) is 0 Å². The summed E-state index contributed by atoms with van der Waals surface area (Å²) in [5.74, 6) is 0. The van der Waals surface area contributed by atoms with E-state index in [0.717, 1.165) is 26.4 Å². The Morgan fingerprint density at radius 3 is 2.86 bits per heavy atom. The fraction of sp³-hybridized carbons (Fsp3) is 0.100. The van der Waals surface area contributed by atoms with Gasteiger partial charge < -0.3 is 10.1 Å². The van der Waals surface area contributed by atoms with E-state index in [2.05, 4.69) is 37.2 Å². The summed E-state index contributed by atoms with van der Waals surface area (Å²) in [5.41, 5.74) is 2.05. The summed E-state index contributed by atoms with van der Waals surface area (Å²) in [6, 6.07) is 5.63. The molecule has 4 heteroatoms. The number of carbonyl (C=O) groups excluding carboxylic acids is 1. The molecule has 0 aromatic heterocycles. The lowest BCUT2D eigenvalue weighted by atomic mass is 9.99. The van der Waals surface area contributed by atoms with Crippen molar-refractivity contribution >= 4 is 42.6 Å². The molecule has 2 rings (SSSR count). The Bertz CT molecular complexity index is 415. The molecule has 1 aromatic rings. The standard InChI is InChI=1S/C10H7Br2NO/c11-6-1-2-7-8(3-6)9(12)4-13-10(7)5-14/h1-5,10,13H. The molecule has 0 spiro atoms. The Morgan fingerprint density at radius 1 is 1.36 bits per heavy atom. The van der Waals surface area contributed by atoms with Gasteiger partial charge in [0.1, 0.15) is 12.3 Å². The van der Waals surface area contributed by atoms with Crippen molar-refractivity contribution in [3.05, 3.63) is 40.0 Å². The van der Waals surface area contributed by atoms with Gasteiger partial charge in [-0.15, -0.1) is 0 Å². The predicted molar refractivity (Wildman–Crippen MR) is 63.0 cm³/mol. The van der Waals surface area contributed by atoms with Crippen LogP contribution in [0.2, 0.25) is 0 Å². The monoisotopic (exact) mass is 315 g/mol. The van der Waals surface area contributed by atoms with Gasteiger partial charge in [-0.1, -0.05) is 22.0 Å². The van der Waals surface area contributed by atoms with Crippen LogP contribution < -0.4 is 5.32 Å². The van der Waals surface area contributed by atoms with E-state index in [9.17, 15) is 4.79 Å². The lowest BCUT2D eigenvalue weighted by Crippen LogP contribution is -2.21. The number of carbonyl (C=O) groups is 1. The SMILES string of the molecule is O=CC1NC=C(Br)c2cc(Br)ccc21. The summed E-state index contributed by atoms with van der Waals surface area (Å²) in [5, 5.41) is 3.00. The van der Waals surface area contributed by atoms with Crippen LogP contribution in [0.25, 0.3) is 4.48 Å². The van der Waals surface area contributed by atoms with Crippen molar-refractivity contribution in [1.82, 2.24) is 5.32 Å². The maximum absolute atomic E-state index is 10.8. The van der Waals surface area contributed by atoms with E-state index >= 15 is 0 Å². The molecule has 0 saturated carbocycles. The third-order valence-corrected chi connectivity index (χ3v) is 3.28. The van der Waals surface area contributed by atoms with Crippen LogP contribution in [0.15, 0.2) is 28.9 Å². The van der Waals surface area contributed by atoms with E-state index in [0.29, 0.717) is 0 Å². The molecule has 1 aliphatic rings. The van der Waals surface area contributed by atoms with Crippen molar-refractivity contribution in [2.75, 3.05) is 0 Å². The summed E-state index contributed by atoms with van der Waals surface area (Å²) < 4.78 is 1.97. The highest BCUT2D eigenvalue weighted by atomic mass is 79.9. The Labute approximate surface area is 98.6 Å². The minimum absolute atomic E-state index is 0.237. The second kappa shape index (κ2) is 3.87. The maximum atomic E-state index is 10.8. The Morgan fingerprint density at radius 2 is 2.14 bits per heavy atom. The molecule has 0 radical (unpaired) electrons. The molecule has 0 bridgehead atoms. The van der Waals surface area contributed by atoms with E-state index in [-0.39, 0.29) is 6.04 Å². The van der Waals surface area contributed by atoms with Gasteiger partial charge in [-0.3, -0.25) is 0 Å². The molecule has 0 aliphatic carbocycles. The first-order chi connectivity index (χ1) is 6.72. The normalized spacial score (nSPS) is 19.3. The van der Waals surface area contributed by atoms with Gasteiger partial charge in [0, 0.05) is 15.2 Å². The number of hydrogen-bond donors (Lipinski definition) is 1. The van der Waals surface area contributed by atoms with Crippen LogP contribution in [-0.4, -0.2) is 6.29 Å². The molecule has 0 amide bonds. The first kappa shape index (κ1) is 9.93. The number of rotatable bonds is 1. The predicted octanol–water partition coefficient (Wildman–Crippen LogP) is 2.99. The third-order valence-electron chi connectivity index (χ3n) is 2.13. The topological polar surface area (TPSA) is 29.1 Å². The number of nitrogens with one attached hydrogen (secondary N) is 1. The average Bonchev–Trinajstić information content (AvgIpc) is 2.19. The Balaban J connectivity index is 2.58. The van der Waals surface area contributed by atoms with E-state index in [1.165, 1.54) is 0 Å². The second-order valence-electron chi connectivity index (χ2n) is 3.00. The fourth-order valence-corrected chi connectivity index (χ4v) is 2.29. The van der Waals surface area contributed by atoms with Crippen LogP contribution in [0.1, 0.15) is 17.2 Å². The Hall–Kier alpha value is -0.610. The molecule has 2 nitrogen and oxygen atoms in total. The quantitative estimate of drug-likeness (QED) is 0.807. The van der Waals surface area contributed by atoms with Gasteiger partial charge in [0.15, 0.2) is 0 Å². The second-order valence-corrected chi connectivity index (χ2v) is 4.77. The Kier molecular flexibility index (Phi) is 2.74.